The Balaban J connectivity index is 1.74. The lowest BCUT2D eigenvalue weighted by Gasteiger charge is -2.22. The van der Waals surface area contributed by atoms with Crippen molar-refractivity contribution in [3.05, 3.63) is 33.0 Å². The smallest absolute Gasteiger partial charge is 0.185 e. The van der Waals surface area contributed by atoms with Crippen molar-refractivity contribution in [1.82, 2.24) is 10.3 Å². The zero-order chi connectivity index (χ0) is 14.7. The zero-order valence-electron chi connectivity index (χ0n) is 12.8. The van der Waals surface area contributed by atoms with Crippen molar-refractivity contribution in [2.45, 2.75) is 45.2 Å². The van der Waals surface area contributed by atoms with Gasteiger partial charge in [0.25, 0.3) is 0 Å². The average Bonchev–Trinajstić information content (AvgIpc) is 3.13. The normalized spacial score (nSPS) is 17.7. The molecule has 1 aliphatic rings. The van der Waals surface area contributed by atoms with Gasteiger partial charge >= 0.3 is 0 Å². The first-order chi connectivity index (χ1) is 10.3. The first-order valence-electron chi connectivity index (χ1n) is 7.73. The second-order valence-electron chi connectivity index (χ2n) is 5.69. The van der Waals surface area contributed by atoms with Crippen molar-refractivity contribution in [2.24, 2.45) is 0 Å². The van der Waals surface area contributed by atoms with Gasteiger partial charge in [0.05, 0.1) is 5.69 Å². The van der Waals surface area contributed by atoms with Crippen LogP contribution in [0.15, 0.2) is 16.8 Å². The summed E-state index contributed by atoms with van der Waals surface area (Å²) in [7, 11) is 2.15. The van der Waals surface area contributed by atoms with E-state index >= 15 is 0 Å². The van der Waals surface area contributed by atoms with E-state index in [9.17, 15) is 0 Å². The maximum absolute atomic E-state index is 4.90. The van der Waals surface area contributed by atoms with Crippen LogP contribution in [0.1, 0.15) is 48.4 Å². The molecule has 114 valence electrons. The van der Waals surface area contributed by atoms with Gasteiger partial charge in [-0.25, -0.2) is 4.98 Å². The van der Waals surface area contributed by atoms with Gasteiger partial charge in [-0.3, -0.25) is 0 Å². The number of hydrogen-bond donors (Lipinski definition) is 1. The third-order valence-corrected chi connectivity index (χ3v) is 5.96. The Morgan fingerprint density at radius 2 is 2.38 bits per heavy atom. The van der Waals surface area contributed by atoms with Gasteiger partial charge in [-0.2, -0.15) is 11.3 Å². The van der Waals surface area contributed by atoms with Gasteiger partial charge in [0.1, 0.15) is 0 Å². The quantitative estimate of drug-likeness (QED) is 0.863. The lowest BCUT2D eigenvalue weighted by molar-refractivity contribution is 0.464. The van der Waals surface area contributed by atoms with Crippen LogP contribution in [-0.4, -0.2) is 18.6 Å². The fraction of sp³-hybridized carbons (Fsp3) is 0.562. The van der Waals surface area contributed by atoms with Crippen LogP contribution >= 0.6 is 22.7 Å². The molecule has 2 heterocycles. The van der Waals surface area contributed by atoms with E-state index in [0.29, 0.717) is 6.04 Å². The Morgan fingerprint density at radius 3 is 3.14 bits per heavy atom. The molecule has 0 radical (unpaired) electrons. The summed E-state index contributed by atoms with van der Waals surface area (Å²) in [5.41, 5.74) is 2.70. The van der Waals surface area contributed by atoms with E-state index in [1.807, 2.05) is 11.3 Å². The van der Waals surface area contributed by atoms with Crippen molar-refractivity contribution >= 4 is 27.8 Å². The zero-order valence-corrected chi connectivity index (χ0v) is 14.4. The number of nitrogens with one attached hydrogen (secondary N) is 1. The van der Waals surface area contributed by atoms with Crippen LogP contribution in [-0.2, 0) is 13.0 Å². The predicted octanol–water partition coefficient (Wildman–Crippen LogP) is 4.22. The number of anilines is 1. The molecular weight excluding hydrogens is 298 g/mol. The van der Waals surface area contributed by atoms with Crippen molar-refractivity contribution in [2.75, 3.05) is 18.5 Å². The van der Waals surface area contributed by atoms with E-state index in [-0.39, 0.29) is 0 Å². The molecule has 3 nitrogen and oxygen atoms in total. The summed E-state index contributed by atoms with van der Waals surface area (Å²) in [4.78, 5) is 8.65. The molecular formula is C16H23N3S2. The van der Waals surface area contributed by atoms with E-state index in [4.69, 9.17) is 4.98 Å². The maximum Gasteiger partial charge on any atom is 0.185 e. The van der Waals surface area contributed by atoms with Gasteiger partial charge in [-0.05, 0) is 54.6 Å². The van der Waals surface area contributed by atoms with Gasteiger partial charge in [-0.15, -0.1) is 0 Å². The second-order valence-corrected chi connectivity index (χ2v) is 7.48. The van der Waals surface area contributed by atoms with E-state index in [0.717, 1.165) is 24.6 Å². The number of nitrogens with zero attached hydrogens (tertiary/aromatic N) is 2. The van der Waals surface area contributed by atoms with Crippen LogP contribution in [0.2, 0.25) is 0 Å². The highest BCUT2D eigenvalue weighted by molar-refractivity contribution is 7.15. The minimum absolute atomic E-state index is 0.523. The standard InChI is InChI=1S/C16H23N3S2/c1-3-8-17-13-5-4-6-14-15(13)21-16(18-14)19(2)10-12-7-9-20-11-12/h7,9,11,13,17H,3-6,8,10H2,1-2H3. The Labute approximate surface area is 135 Å². The lowest BCUT2D eigenvalue weighted by Crippen LogP contribution is -2.24. The number of aryl methyl sites for hydroxylation is 1. The molecule has 0 spiro atoms. The fourth-order valence-electron chi connectivity index (χ4n) is 2.81. The monoisotopic (exact) mass is 321 g/mol. The summed E-state index contributed by atoms with van der Waals surface area (Å²) in [6.45, 7) is 4.27. The number of rotatable bonds is 6. The maximum atomic E-state index is 4.90. The molecule has 5 heteroatoms. The van der Waals surface area contributed by atoms with Crippen molar-refractivity contribution < 1.29 is 0 Å². The van der Waals surface area contributed by atoms with Crippen molar-refractivity contribution in [3.63, 3.8) is 0 Å². The first-order valence-corrected chi connectivity index (χ1v) is 9.49. The van der Waals surface area contributed by atoms with Crippen LogP contribution in [0.5, 0.6) is 0 Å². The number of thiazole rings is 1. The topological polar surface area (TPSA) is 28.2 Å². The molecule has 0 amide bonds. The molecule has 1 N–H and O–H groups in total. The molecule has 2 aromatic heterocycles. The molecule has 0 fully saturated rings. The highest BCUT2D eigenvalue weighted by Gasteiger charge is 2.25. The molecule has 1 unspecified atom stereocenters. The van der Waals surface area contributed by atoms with E-state index in [1.54, 1.807) is 11.3 Å². The van der Waals surface area contributed by atoms with Gasteiger partial charge in [0.2, 0.25) is 0 Å². The Bertz CT molecular complexity index is 562. The molecule has 1 atom stereocenters. The summed E-state index contributed by atoms with van der Waals surface area (Å²) < 4.78 is 0. The summed E-state index contributed by atoms with van der Waals surface area (Å²) in [5.74, 6) is 0. The van der Waals surface area contributed by atoms with Crippen molar-refractivity contribution in [1.29, 1.82) is 0 Å². The molecule has 0 aliphatic heterocycles. The molecule has 0 saturated heterocycles. The van der Waals surface area contributed by atoms with Gasteiger partial charge < -0.3 is 10.2 Å². The van der Waals surface area contributed by atoms with Crippen LogP contribution < -0.4 is 10.2 Å². The first kappa shape index (κ1) is 15.0. The van der Waals surface area contributed by atoms with E-state index < -0.39 is 0 Å². The minimum atomic E-state index is 0.523. The number of aromatic nitrogens is 1. The molecule has 0 saturated carbocycles. The van der Waals surface area contributed by atoms with Gasteiger partial charge in [0.15, 0.2) is 5.13 Å². The highest BCUT2D eigenvalue weighted by Crippen LogP contribution is 2.37. The van der Waals surface area contributed by atoms with Gasteiger partial charge in [0, 0.05) is 24.5 Å². The molecule has 0 bridgehead atoms. The van der Waals surface area contributed by atoms with Crippen LogP contribution in [0, 0.1) is 0 Å². The minimum Gasteiger partial charge on any atom is -0.347 e. The number of thiophene rings is 1. The summed E-state index contributed by atoms with van der Waals surface area (Å²) >= 11 is 3.64. The van der Waals surface area contributed by atoms with Crippen LogP contribution in [0.25, 0.3) is 0 Å². The molecule has 3 rings (SSSR count). The fourth-order valence-corrected chi connectivity index (χ4v) is 4.65. The van der Waals surface area contributed by atoms with E-state index in [1.165, 1.54) is 35.4 Å². The summed E-state index contributed by atoms with van der Waals surface area (Å²) in [6, 6.07) is 2.72. The van der Waals surface area contributed by atoms with E-state index in [2.05, 4.69) is 41.0 Å². The SMILES string of the molecule is CCCNC1CCCc2nc(N(C)Cc3ccsc3)sc21. The predicted molar refractivity (Wildman–Crippen MR) is 92.5 cm³/mol. The molecule has 0 aromatic carbocycles. The highest BCUT2D eigenvalue weighted by atomic mass is 32.1. The second kappa shape index (κ2) is 6.90. The summed E-state index contributed by atoms with van der Waals surface area (Å²) in [6.07, 6.45) is 4.84. The molecule has 1 aliphatic carbocycles. The number of fused-ring (bicyclic) bond motifs is 1. The van der Waals surface area contributed by atoms with Crippen molar-refractivity contribution in [3.8, 4) is 0 Å². The lowest BCUT2D eigenvalue weighted by atomic mass is 9.98. The largest absolute Gasteiger partial charge is 0.347 e. The Hall–Kier alpha value is -0.910. The summed E-state index contributed by atoms with van der Waals surface area (Å²) in [5, 5.41) is 9.20. The Morgan fingerprint density at radius 1 is 1.48 bits per heavy atom. The van der Waals surface area contributed by atoms with Gasteiger partial charge in [-0.1, -0.05) is 18.3 Å². The molecule has 2 aromatic rings. The number of hydrogen-bond acceptors (Lipinski definition) is 5. The van der Waals surface area contributed by atoms with Crippen LogP contribution in [0.4, 0.5) is 5.13 Å². The third-order valence-electron chi connectivity index (χ3n) is 3.91. The molecule has 21 heavy (non-hydrogen) atoms. The average molecular weight is 322 g/mol. The third kappa shape index (κ3) is 3.47. The Kier molecular flexibility index (Phi) is 4.93. The van der Waals surface area contributed by atoms with Crippen LogP contribution in [0.3, 0.4) is 0 Å².